The number of nitrogens with zero attached hydrogens (tertiary/aromatic N) is 1. The van der Waals surface area contributed by atoms with Gasteiger partial charge in [0.05, 0.1) is 5.69 Å². The Labute approximate surface area is 91.6 Å². The molecular weight excluding hydrogens is 206 g/mol. The van der Waals surface area contributed by atoms with E-state index in [1.165, 1.54) is 32.9 Å². The van der Waals surface area contributed by atoms with Crippen LogP contribution < -0.4 is 0 Å². The second kappa shape index (κ2) is 3.00. The number of aldehydes is 1. The van der Waals surface area contributed by atoms with Gasteiger partial charge in [-0.2, -0.15) is 0 Å². The molecule has 1 aliphatic rings. The zero-order valence-corrected chi connectivity index (χ0v) is 9.10. The van der Waals surface area contributed by atoms with Crippen LogP contribution in [0.2, 0.25) is 0 Å². The molecule has 74 valence electrons. The van der Waals surface area contributed by atoms with Crippen LogP contribution in [0, 0.1) is 6.92 Å². The van der Waals surface area contributed by atoms with Gasteiger partial charge in [0.25, 0.3) is 0 Å². The van der Waals surface area contributed by atoms with Crippen molar-refractivity contribution in [1.29, 1.82) is 0 Å². The number of rotatable bonds is 1. The summed E-state index contributed by atoms with van der Waals surface area (Å²) in [6.07, 6.45) is 1.76. The largest absolute Gasteiger partial charge is 0.295 e. The predicted molar refractivity (Wildman–Crippen MR) is 60.5 cm³/mol. The maximum Gasteiger partial charge on any atom is 0.178 e. The van der Waals surface area contributed by atoms with Gasteiger partial charge >= 0.3 is 0 Å². The van der Waals surface area contributed by atoms with E-state index in [2.05, 4.69) is 30.1 Å². The maximum atomic E-state index is 10.6. The minimum absolute atomic E-state index is 0.590. The number of benzene rings is 1. The number of fused-ring (bicyclic) bond motifs is 3. The smallest absolute Gasteiger partial charge is 0.178 e. The number of hydrogen-bond donors (Lipinski definition) is 0. The van der Waals surface area contributed by atoms with Gasteiger partial charge in [0, 0.05) is 16.9 Å². The molecule has 0 atom stereocenters. The van der Waals surface area contributed by atoms with E-state index < -0.39 is 0 Å². The van der Waals surface area contributed by atoms with Gasteiger partial charge < -0.3 is 0 Å². The third-order valence-electron chi connectivity index (χ3n) is 2.69. The molecule has 0 aliphatic heterocycles. The summed E-state index contributed by atoms with van der Waals surface area (Å²) in [6.45, 7) is 2.07. The van der Waals surface area contributed by atoms with E-state index in [0.29, 0.717) is 5.01 Å². The minimum atomic E-state index is 0.590. The van der Waals surface area contributed by atoms with Crippen molar-refractivity contribution < 1.29 is 4.79 Å². The van der Waals surface area contributed by atoms with Crippen LogP contribution in [0.5, 0.6) is 0 Å². The quantitative estimate of drug-likeness (QED) is 0.584. The Hall–Kier alpha value is -1.48. The summed E-state index contributed by atoms with van der Waals surface area (Å²) in [5.74, 6) is 0. The second-order valence-corrected chi connectivity index (χ2v) is 4.89. The van der Waals surface area contributed by atoms with E-state index in [9.17, 15) is 4.79 Å². The van der Waals surface area contributed by atoms with E-state index >= 15 is 0 Å². The predicted octanol–water partition coefficient (Wildman–Crippen LogP) is 2.84. The SMILES string of the molecule is Cc1ccc2c(c1)-c1nc(C=O)sc1C2. The van der Waals surface area contributed by atoms with Crippen LogP contribution in [-0.4, -0.2) is 11.3 Å². The highest BCUT2D eigenvalue weighted by atomic mass is 32.1. The lowest BCUT2D eigenvalue weighted by Crippen LogP contribution is -1.83. The van der Waals surface area contributed by atoms with Crippen LogP contribution >= 0.6 is 11.3 Å². The molecule has 3 rings (SSSR count). The maximum absolute atomic E-state index is 10.6. The van der Waals surface area contributed by atoms with Gasteiger partial charge in [-0.15, -0.1) is 11.3 Å². The molecule has 0 unspecified atom stereocenters. The molecule has 1 aliphatic carbocycles. The Balaban J connectivity index is 2.23. The first-order valence-electron chi connectivity index (χ1n) is 4.82. The monoisotopic (exact) mass is 215 g/mol. The third-order valence-corrected chi connectivity index (χ3v) is 3.67. The van der Waals surface area contributed by atoms with Crippen molar-refractivity contribution in [3.63, 3.8) is 0 Å². The van der Waals surface area contributed by atoms with Crippen molar-refractivity contribution in [2.75, 3.05) is 0 Å². The van der Waals surface area contributed by atoms with Crippen molar-refractivity contribution in [2.45, 2.75) is 13.3 Å². The lowest BCUT2D eigenvalue weighted by Gasteiger charge is -1.99. The number of carbonyl (C=O) groups excluding carboxylic acids is 1. The summed E-state index contributed by atoms with van der Waals surface area (Å²) >= 11 is 1.51. The summed E-state index contributed by atoms with van der Waals surface area (Å²) in [7, 11) is 0. The molecule has 0 saturated heterocycles. The molecule has 0 bridgehead atoms. The van der Waals surface area contributed by atoms with Crippen LogP contribution in [0.4, 0.5) is 0 Å². The average Bonchev–Trinajstić information content (AvgIpc) is 2.75. The Bertz CT molecular complexity index is 557. The van der Waals surface area contributed by atoms with E-state index in [0.717, 1.165) is 18.4 Å². The summed E-state index contributed by atoms with van der Waals surface area (Å²) < 4.78 is 0. The zero-order chi connectivity index (χ0) is 10.4. The van der Waals surface area contributed by atoms with Crippen LogP contribution in [0.15, 0.2) is 18.2 Å². The molecule has 0 amide bonds. The highest BCUT2D eigenvalue weighted by Gasteiger charge is 2.22. The molecule has 1 heterocycles. The number of aryl methyl sites for hydroxylation is 1. The molecule has 0 radical (unpaired) electrons. The van der Waals surface area contributed by atoms with Gasteiger partial charge in [0.2, 0.25) is 0 Å². The van der Waals surface area contributed by atoms with Crippen LogP contribution in [0.1, 0.15) is 25.8 Å². The Morgan fingerprint density at radius 1 is 1.47 bits per heavy atom. The van der Waals surface area contributed by atoms with E-state index in [1.54, 1.807) is 0 Å². The number of carbonyl (C=O) groups is 1. The molecular formula is C12H9NOS. The fraction of sp³-hybridized carbons (Fsp3) is 0.167. The second-order valence-electron chi connectivity index (χ2n) is 3.78. The highest BCUT2D eigenvalue weighted by molar-refractivity contribution is 7.13. The summed E-state index contributed by atoms with van der Waals surface area (Å²) in [5.41, 5.74) is 4.78. The van der Waals surface area contributed by atoms with Crippen molar-refractivity contribution in [3.8, 4) is 11.3 Å². The Kier molecular flexibility index (Phi) is 1.76. The lowest BCUT2D eigenvalue weighted by molar-refractivity contribution is 0.112. The number of aromatic nitrogens is 1. The van der Waals surface area contributed by atoms with Gasteiger partial charge in [-0.05, 0) is 18.6 Å². The first-order chi connectivity index (χ1) is 7.28. The van der Waals surface area contributed by atoms with E-state index in [-0.39, 0.29) is 0 Å². The summed E-state index contributed by atoms with van der Waals surface area (Å²) in [6, 6.07) is 6.42. The minimum Gasteiger partial charge on any atom is -0.295 e. The number of thiazole rings is 1. The standard InChI is InChI=1S/C12H9NOS/c1-7-2-3-8-5-10-12(9(8)4-7)13-11(6-14)15-10/h2-4,6H,5H2,1H3. The first-order valence-corrected chi connectivity index (χ1v) is 5.64. The highest BCUT2D eigenvalue weighted by Crippen LogP contribution is 2.39. The molecule has 0 spiro atoms. The van der Waals surface area contributed by atoms with E-state index in [4.69, 9.17) is 0 Å². The normalized spacial score (nSPS) is 12.3. The number of hydrogen-bond acceptors (Lipinski definition) is 3. The fourth-order valence-electron chi connectivity index (χ4n) is 1.99. The van der Waals surface area contributed by atoms with Gasteiger partial charge in [0.1, 0.15) is 0 Å². The lowest BCUT2D eigenvalue weighted by atomic mass is 10.1. The average molecular weight is 215 g/mol. The Morgan fingerprint density at radius 2 is 2.33 bits per heavy atom. The third kappa shape index (κ3) is 1.23. The molecule has 0 saturated carbocycles. The first kappa shape index (κ1) is 8.80. The van der Waals surface area contributed by atoms with Crippen LogP contribution in [0.25, 0.3) is 11.3 Å². The fourth-order valence-corrected chi connectivity index (χ4v) is 2.91. The van der Waals surface area contributed by atoms with Gasteiger partial charge in [0.15, 0.2) is 11.3 Å². The van der Waals surface area contributed by atoms with Crippen molar-refractivity contribution >= 4 is 17.6 Å². The molecule has 0 N–H and O–H groups in total. The van der Waals surface area contributed by atoms with Crippen LogP contribution in [0.3, 0.4) is 0 Å². The summed E-state index contributed by atoms with van der Waals surface area (Å²) in [5, 5.41) is 0.590. The molecule has 2 aromatic rings. The van der Waals surface area contributed by atoms with Crippen LogP contribution in [-0.2, 0) is 6.42 Å². The molecule has 3 heteroatoms. The molecule has 2 nitrogen and oxygen atoms in total. The van der Waals surface area contributed by atoms with Gasteiger partial charge in [-0.25, -0.2) is 4.98 Å². The zero-order valence-electron chi connectivity index (χ0n) is 8.28. The summed E-state index contributed by atoms with van der Waals surface area (Å²) in [4.78, 5) is 16.2. The molecule has 1 aromatic carbocycles. The Morgan fingerprint density at radius 3 is 3.13 bits per heavy atom. The van der Waals surface area contributed by atoms with Gasteiger partial charge in [-0.1, -0.05) is 17.7 Å². The van der Waals surface area contributed by atoms with Crippen molar-refractivity contribution in [2.24, 2.45) is 0 Å². The van der Waals surface area contributed by atoms with Crippen molar-refractivity contribution in [3.05, 3.63) is 39.2 Å². The van der Waals surface area contributed by atoms with Crippen molar-refractivity contribution in [1.82, 2.24) is 4.98 Å². The molecule has 15 heavy (non-hydrogen) atoms. The van der Waals surface area contributed by atoms with E-state index in [1.807, 2.05) is 0 Å². The van der Waals surface area contributed by atoms with Gasteiger partial charge in [-0.3, -0.25) is 4.79 Å². The topological polar surface area (TPSA) is 30.0 Å². The molecule has 0 fully saturated rings. The molecule has 1 aromatic heterocycles.